The van der Waals surface area contributed by atoms with Crippen LogP contribution >= 0.6 is 15.9 Å². The summed E-state index contributed by atoms with van der Waals surface area (Å²) in [5, 5.41) is 2.96. The van der Waals surface area contributed by atoms with Crippen molar-refractivity contribution in [2.75, 3.05) is 0 Å². The molecule has 0 aliphatic carbocycles. The topological polar surface area (TPSA) is 55.1 Å². The van der Waals surface area contributed by atoms with Gasteiger partial charge in [-0.25, -0.2) is 0 Å². The van der Waals surface area contributed by atoms with Gasteiger partial charge in [0.2, 0.25) is 5.91 Å². The predicted octanol–water partition coefficient (Wildman–Crippen LogP) is 2.75. The molecule has 0 fully saturated rings. The van der Waals surface area contributed by atoms with Crippen molar-refractivity contribution < 1.29 is 4.79 Å². The summed E-state index contributed by atoms with van der Waals surface area (Å²) in [5.74, 6) is 0.0534. The molecule has 2 atom stereocenters. The Labute approximate surface area is 111 Å². The quantitative estimate of drug-likeness (QED) is 0.878. The van der Waals surface area contributed by atoms with Gasteiger partial charge in [0, 0.05) is 16.9 Å². The van der Waals surface area contributed by atoms with Crippen LogP contribution in [0.25, 0.3) is 0 Å². The summed E-state index contributed by atoms with van der Waals surface area (Å²) in [6.07, 6.45) is 1.21. The first-order valence-corrected chi connectivity index (χ1v) is 6.58. The molecule has 0 heterocycles. The van der Waals surface area contributed by atoms with Crippen molar-refractivity contribution in [1.82, 2.24) is 5.32 Å². The van der Waals surface area contributed by atoms with Gasteiger partial charge in [-0.1, -0.05) is 28.1 Å². The van der Waals surface area contributed by atoms with Crippen molar-refractivity contribution in [2.24, 2.45) is 5.73 Å². The highest BCUT2D eigenvalue weighted by atomic mass is 79.9. The molecule has 0 aliphatic heterocycles. The highest BCUT2D eigenvalue weighted by Crippen LogP contribution is 2.16. The Morgan fingerprint density at radius 1 is 1.35 bits per heavy atom. The third kappa shape index (κ3) is 5.33. The smallest absolute Gasteiger partial charge is 0.220 e. The molecule has 1 amide bonds. The van der Waals surface area contributed by atoms with Gasteiger partial charge < -0.3 is 11.1 Å². The molecule has 4 heteroatoms. The average molecular weight is 299 g/mol. The first kappa shape index (κ1) is 14.2. The minimum Gasteiger partial charge on any atom is -0.350 e. The van der Waals surface area contributed by atoms with Crippen LogP contribution in [0.5, 0.6) is 0 Å². The van der Waals surface area contributed by atoms with E-state index < -0.39 is 0 Å². The fourth-order valence-electron chi connectivity index (χ4n) is 1.51. The number of carbonyl (C=O) groups excluding carboxylic acids is 1. The van der Waals surface area contributed by atoms with Crippen molar-refractivity contribution in [3.05, 3.63) is 34.3 Å². The lowest BCUT2D eigenvalue weighted by Gasteiger charge is -2.15. The molecule has 0 saturated carbocycles. The number of amides is 1. The Morgan fingerprint density at radius 2 is 1.94 bits per heavy atom. The van der Waals surface area contributed by atoms with Crippen LogP contribution in [0, 0.1) is 0 Å². The summed E-state index contributed by atoms with van der Waals surface area (Å²) in [6, 6.07) is 8.05. The Kier molecular flexibility index (Phi) is 5.65. The minimum atomic E-state index is 0.0312. The fourth-order valence-corrected chi connectivity index (χ4v) is 1.77. The molecule has 0 aromatic heterocycles. The van der Waals surface area contributed by atoms with Crippen molar-refractivity contribution >= 4 is 21.8 Å². The van der Waals surface area contributed by atoms with Gasteiger partial charge >= 0.3 is 0 Å². The van der Waals surface area contributed by atoms with Crippen LogP contribution in [0.2, 0.25) is 0 Å². The predicted molar refractivity (Wildman–Crippen MR) is 73.6 cm³/mol. The molecule has 3 N–H and O–H groups in total. The van der Waals surface area contributed by atoms with E-state index >= 15 is 0 Å². The lowest BCUT2D eigenvalue weighted by Crippen LogP contribution is -2.28. The summed E-state index contributed by atoms with van der Waals surface area (Å²) in [6.45, 7) is 3.89. The van der Waals surface area contributed by atoms with Crippen LogP contribution in [0.15, 0.2) is 28.7 Å². The van der Waals surface area contributed by atoms with Crippen molar-refractivity contribution in [2.45, 2.75) is 38.8 Å². The van der Waals surface area contributed by atoms with Gasteiger partial charge in [-0.2, -0.15) is 0 Å². The number of rotatable bonds is 5. The largest absolute Gasteiger partial charge is 0.350 e. The van der Waals surface area contributed by atoms with E-state index in [0.29, 0.717) is 6.42 Å². The molecule has 3 nitrogen and oxygen atoms in total. The molecular formula is C13H19BrN2O. The molecule has 0 saturated heterocycles. The zero-order valence-corrected chi connectivity index (χ0v) is 11.8. The summed E-state index contributed by atoms with van der Waals surface area (Å²) in [7, 11) is 0. The zero-order valence-electron chi connectivity index (χ0n) is 10.2. The lowest BCUT2D eigenvalue weighted by atomic mass is 10.1. The van der Waals surface area contributed by atoms with Gasteiger partial charge in [0.25, 0.3) is 0 Å². The molecule has 0 radical (unpaired) electrons. The van der Waals surface area contributed by atoms with Crippen LogP contribution in [-0.2, 0) is 4.79 Å². The van der Waals surface area contributed by atoms with Gasteiger partial charge in [0.05, 0.1) is 6.04 Å². The Balaban J connectivity index is 2.46. The number of nitrogens with two attached hydrogens (primary N) is 1. The zero-order chi connectivity index (χ0) is 12.8. The van der Waals surface area contributed by atoms with Gasteiger partial charge in [0.1, 0.15) is 0 Å². The first-order chi connectivity index (χ1) is 7.99. The summed E-state index contributed by atoms with van der Waals surface area (Å²) >= 11 is 3.38. The molecular weight excluding hydrogens is 280 g/mol. The van der Waals surface area contributed by atoms with Crippen LogP contribution in [0.4, 0.5) is 0 Å². The van der Waals surface area contributed by atoms with Crippen molar-refractivity contribution in [1.29, 1.82) is 0 Å². The SMILES string of the molecule is CC(N)CCC(=O)NC(C)c1ccc(Br)cc1. The second kappa shape index (κ2) is 6.77. The van der Waals surface area contributed by atoms with Crippen molar-refractivity contribution in [3.63, 3.8) is 0 Å². The van der Waals surface area contributed by atoms with Gasteiger partial charge in [-0.3, -0.25) is 4.79 Å². The number of hydrogen-bond donors (Lipinski definition) is 2. The first-order valence-electron chi connectivity index (χ1n) is 5.79. The third-order valence-corrected chi connectivity index (χ3v) is 3.10. The Hall–Kier alpha value is -0.870. The standard InChI is InChI=1S/C13H19BrN2O/c1-9(15)3-8-13(17)16-10(2)11-4-6-12(14)7-5-11/h4-7,9-10H,3,8,15H2,1-2H3,(H,16,17). The van der Waals surface area contributed by atoms with E-state index in [0.717, 1.165) is 16.5 Å². The van der Waals surface area contributed by atoms with Crippen molar-refractivity contribution in [3.8, 4) is 0 Å². The van der Waals surface area contributed by atoms with E-state index in [1.807, 2.05) is 38.1 Å². The molecule has 0 aliphatic rings. The van der Waals surface area contributed by atoms with E-state index in [2.05, 4.69) is 21.2 Å². The molecule has 17 heavy (non-hydrogen) atoms. The van der Waals surface area contributed by atoms with Crippen LogP contribution in [0.3, 0.4) is 0 Å². The van der Waals surface area contributed by atoms with Crippen LogP contribution in [-0.4, -0.2) is 11.9 Å². The highest BCUT2D eigenvalue weighted by Gasteiger charge is 2.09. The molecule has 1 rings (SSSR count). The molecule has 1 aromatic carbocycles. The van der Waals surface area contributed by atoms with E-state index in [1.54, 1.807) is 0 Å². The maximum absolute atomic E-state index is 11.6. The Bertz CT molecular complexity index is 362. The minimum absolute atomic E-state index is 0.0312. The monoisotopic (exact) mass is 298 g/mol. The highest BCUT2D eigenvalue weighted by molar-refractivity contribution is 9.10. The average Bonchev–Trinajstić information content (AvgIpc) is 2.27. The number of benzene rings is 1. The molecule has 1 aromatic rings. The second-order valence-corrected chi connectivity index (χ2v) is 5.27. The maximum Gasteiger partial charge on any atom is 0.220 e. The molecule has 2 unspecified atom stereocenters. The van der Waals surface area contributed by atoms with Gasteiger partial charge in [0.15, 0.2) is 0 Å². The molecule has 0 spiro atoms. The molecule has 0 bridgehead atoms. The second-order valence-electron chi connectivity index (χ2n) is 4.36. The lowest BCUT2D eigenvalue weighted by molar-refractivity contribution is -0.121. The number of hydrogen-bond acceptors (Lipinski definition) is 2. The summed E-state index contributed by atoms with van der Waals surface area (Å²) in [4.78, 5) is 11.6. The number of halogens is 1. The van der Waals surface area contributed by atoms with E-state index in [4.69, 9.17) is 5.73 Å². The number of carbonyl (C=O) groups is 1. The third-order valence-electron chi connectivity index (χ3n) is 2.57. The van der Waals surface area contributed by atoms with Gasteiger partial charge in [-0.15, -0.1) is 0 Å². The van der Waals surface area contributed by atoms with Gasteiger partial charge in [-0.05, 0) is 38.0 Å². The van der Waals surface area contributed by atoms with E-state index in [-0.39, 0.29) is 18.0 Å². The normalized spacial score (nSPS) is 14.1. The van der Waals surface area contributed by atoms with Crippen LogP contribution in [0.1, 0.15) is 38.3 Å². The maximum atomic E-state index is 11.6. The van der Waals surface area contributed by atoms with Crippen LogP contribution < -0.4 is 11.1 Å². The Morgan fingerprint density at radius 3 is 2.47 bits per heavy atom. The number of nitrogens with one attached hydrogen (secondary N) is 1. The van der Waals surface area contributed by atoms with E-state index in [1.165, 1.54) is 0 Å². The fraction of sp³-hybridized carbons (Fsp3) is 0.462. The molecule has 94 valence electrons. The van der Waals surface area contributed by atoms with E-state index in [9.17, 15) is 4.79 Å². The summed E-state index contributed by atoms with van der Waals surface area (Å²) < 4.78 is 1.04. The summed E-state index contributed by atoms with van der Waals surface area (Å²) in [5.41, 5.74) is 6.71.